The van der Waals surface area contributed by atoms with E-state index in [1.54, 1.807) is 0 Å². The van der Waals surface area contributed by atoms with Crippen molar-refractivity contribution in [3.63, 3.8) is 0 Å². The van der Waals surface area contributed by atoms with Crippen LogP contribution in [-0.4, -0.2) is 16.3 Å². The summed E-state index contributed by atoms with van der Waals surface area (Å²) in [6.07, 6.45) is 5.55. The van der Waals surface area contributed by atoms with Gasteiger partial charge in [-0.05, 0) is 24.3 Å². The minimum Gasteiger partial charge on any atom is -0.393 e. The monoisotopic (exact) mass is 234 g/mol. The first-order valence-electron chi connectivity index (χ1n) is 6.68. The van der Waals surface area contributed by atoms with E-state index in [2.05, 4.69) is 0 Å². The van der Waals surface area contributed by atoms with Crippen LogP contribution in [0, 0.1) is 5.92 Å². The lowest BCUT2D eigenvalue weighted by Crippen LogP contribution is -2.25. The van der Waals surface area contributed by atoms with Crippen molar-refractivity contribution in [2.75, 3.05) is 0 Å². The lowest BCUT2D eigenvalue weighted by molar-refractivity contribution is 0.0304. The molecule has 2 N–H and O–H groups in total. The first-order valence-corrected chi connectivity index (χ1v) is 6.68. The average molecular weight is 234 g/mol. The minimum absolute atomic E-state index is 0.356. The molecule has 1 saturated carbocycles. The van der Waals surface area contributed by atoms with E-state index in [9.17, 15) is 10.2 Å². The third kappa shape index (κ3) is 3.55. The number of aliphatic hydroxyl groups excluding tert-OH is 2. The van der Waals surface area contributed by atoms with Crippen LogP contribution in [0.4, 0.5) is 0 Å². The Morgan fingerprint density at radius 1 is 1.00 bits per heavy atom. The maximum atomic E-state index is 10.1. The first kappa shape index (κ1) is 12.6. The molecule has 0 aliphatic heterocycles. The molecule has 0 saturated heterocycles. The van der Waals surface area contributed by atoms with Gasteiger partial charge in [-0.1, -0.05) is 49.6 Å². The van der Waals surface area contributed by atoms with Crippen molar-refractivity contribution in [2.45, 2.75) is 50.7 Å². The van der Waals surface area contributed by atoms with E-state index in [0.717, 1.165) is 18.4 Å². The van der Waals surface area contributed by atoms with E-state index in [4.69, 9.17) is 0 Å². The molecule has 0 spiro atoms. The van der Waals surface area contributed by atoms with Crippen molar-refractivity contribution < 1.29 is 10.2 Å². The Morgan fingerprint density at radius 2 is 1.65 bits per heavy atom. The van der Waals surface area contributed by atoms with Gasteiger partial charge in [-0.15, -0.1) is 0 Å². The lowest BCUT2D eigenvalue weighted by atomic mass is 9.83. The van der Waals surface area contributed by atoms with Gasteiger partial charge in [0.25, 0.3) is 0 Å². The van der Waals surface area contributed by atoms with Gasteiger partial charge in [0.15, 0.2) is 0 Å². The van der Waals surface area contributed by atoms with Crippen LogP contribution in [0.5, 0.6) is 0 Å². The first-order chi connectivity index (χ1) is 8.27. The predicted octanol–water partition coefficient (Wildman–Crippen LogP) is 3.05. The molecule has 2 atom stereocenters. The van der Waals surface area contributed by atoms with Crippen molar-refractivity contribution in [3.05, 3.63) is 35.9 Å². The van der Waals surface area contributed by atoms with Gasteiger partial charge in [-0.3, -0.25) is 0 Å². The summed E-state index contributed by atoms with van der Waals surface area (Å²) in [6.45, 7) is 0. The second kappa shape index (κ2) is 6.18. The van der Waals surface area contributed by atoms with Crippen molar-refractivity contribution in [3.8, 4) is 0 Å². The molecular formula is C15H22O2. The van der Waals surface area contributed by atoms with Crippen LogP contribution in [0.3, 0.4) is 0 Å². The summed E-state index contributed by atoms with van der Waals surface area (Å²) in [5.74, 6) is 0.391. The fraction of sp³-hybridized carbons (Fsp3) is 0.600. The largest absolute Gasteiger partial charge is 0.393 e. The van der Waals surface area contributed by atoms with Crippen molar-refractivity contribution in [1.29, 1.82) is 0 Å². The summed E-state index contributed by atoms with van der Waals surface area (Å²) in [4.78, 5) is 0. The Morgan fingerprint density at radius 3 is 2.29 bits per heavy atom. The van der Waals surface area contributed by atoms with Gasteiger partial charge in [0, 0.05) is 6.42 Å². The summed E-state index contributed by atoms with van der Waals surface area (Å²) in [5, 5.41) is 20.2. The smallest absolute Gasteiger partial charge is 0.0814 e. The van der Waals surface area contributed by atoms with Crippen LogP contribution in [-0.2, 0) is 0 Å². The van der Waals surface area contributed by atoms with Crippen LogP contribution in [0.15, 0.2) is 30.3 Å². The molecule has 2 rings (SSSR count). The molecule has 1 aromatic carbocycles. The standard InChI is InChI=1S/C15H22O2/c16-14(12-7-3-1-4-8-12)11-15(17)13-9-5-2-6-10-13/h1,3-4,7-8,13-17H,2,5-6,9-11H2/t14-,15+/m0/s1. The molecular weight excluding hydrogens is 212 g/mol. The molecule has 17 heavy (non-hydrogen) atoms. The van der Waals surface area contributed by atoms with Crippen LogP contribution < -0.4 is 0 Å². The van der Waals surface area contributed by atoms with Crippen LogP contribution >= 0.6 is 0 Å². The van der Waals surface area contributed by atoms with E-state index >= 15 is 0 Å². The Balaban J connectivity index is 1.87. The van der Waals surface area contributed by atoms with Gasteiger partial charge in [0.2, 0.25) is 0 Å². The summed E-state index contributed by atoms with van der Waals surface area (Å²) in [5.41, 5.74) is 0.905. The highest BCUT2D eigenvalue weighted by Crippen LogP contribution is 2.30. The quantitative estimate of drug-likeness (QED) is 0.840. The second-order valence-electron chi connectivity index (χ2n) is 5.13. The number of rotatable bonds is 4. The molecule has 0 radical (unpaired) electrons. The lowest BCUT2D eigenvalue weighted by Gasteiger charge is -2.28. The highest BCUT2D eigenvalue weighted by Gasteiger charge is 2.24. The molecule has 2 nitrogen and oxygen atoms in total. The molecule has 1 aromatic rings. The predicted molar refractivity (Wildman–Crippen MR) is 68.6 cm³/mol. The Labute approximate surface area is 103 Å². The summed E-state index contributed by atoms with van der Waals surface area (Å²) in [6, 6.07) is 9.61. The molecule has 0 unspecified atom stereocenters. The normalized spacial score (nSPS) is 21.1. The van der Waals surface area contributed by atoms with E-state index in [1.165, 1.54) is 19.3 Å². The Kier molecular flexibility index (Phi) is 4.57. The highest BCUT2D eigenvalue weighted by molar-refractivity contribution is 5.17. The van der Waals surface area contributed by atoms with Crippen LogP contribution in [0.25, 0.3) is 0 Å². The summed E-state index contributed by atoms with van der Waals surface area (Å²) < 4.78 is 0. The zero-order chi connectivity index (χ0) is 12.1. The van der Waals surface area contributed by atoms with Crippen LogP contribution in [0.2, 0.25) is 0 Å². The van der Waals surface area contributed by atoms with E-state index < -0.39 is 6.10 Å². The number of hydrogen-bond donors (Lipinski definition) is 2. The summed E-state index contributed by atoms with van der Waals surface area (Å²) in [7, 11) is 0. The molecule has 0 amide bonds. The third-order valence-corrected chi connectivity index (χ3v) is 3.84. The van der Waals surface area contributed by atoms with Gasteiger partial charge < -0.3 is 10.2 Å². The molecule has 1 fully saturated rings. The Bertz CT molecular complexity index is 317. The summed E-state index contributed by atoms with van der Waals surface area (Å²) >= 11 is 0. The maximum absolute atomic E-state index is 10.1. The topological polar surface area (TPSA) is 40.5 Å². The van der Waals surface area contributed by atoms with Gasteiger partial charge >= 0.3 is 0 Å². The molecule has 1 aliphatic rings. The average Bonchev–Trinajstić information content (AvgIpc) is 2.40. The molecule has 0 bridgehead atoms. The molecule has 1 aliphatic carbocycles. The zero-order valence-electron chi connectivity index (χ0n) is 10.3. The SMILES string of the molecule is O[C@H](C[C@H](O)c1ccccc1)C1CCCCC1. The fourth-order valence-electron chi connectivity index (χ4n) is 2.75. The van der Waals surface area contributed by atoms with Gasteiger partial charge in [0.1, 0.15) is 0 Å². The van der Waals surface area contributed by atoms with E-state index in [1.807, 2.05) is 30.3 Å². The Hall–Kier alpha value is -0.860. The van der Waals surface area contributed by atoms with Crippen LogP contribution in [0.1, 0.15) is 50.2 Å². The molecule has 94 valence electrons. The maximum Gasteiger partial charge on any atom is 0.0814 e. The molecule has 0 aromatic heterocycles. The minimum atomic E-state index is -0.534. The molecule has 2 heteroatoms. The van der Waals surface area contributed by atoms with Crippen molar-refractivity contribution in [2.24, 2.45) is 5.92 Å². The second-order valence-corrected chi connectivity index (χ2v) is 5.13. The molecule has 0 heterocycles. The zero-order valence-corrected chi connectivity index (χ0v) is 10.3. The number of hydrogen-bond acceptors (Lipinski definition) is 2. The van der Waals surface area contributed by atoms with Gasteiger partial charge in [-0.2, -0.15) is 0 Å². The van der Waals surface area contributed by atoms with Crippen molar-refractivity contribution >= 4 is 0 Å². The highest BCUT2D eigenvalue weighted by atomic mass is 16.3. The van der Waals surface area contributed by atoms with E-state index in [-0.39, 0.29) is 6.10 Å². The number of aliphatic hydroxyl groups is 2. The van der Waals surface area contributed by atoms with E-state index in [0.29, 0.717) is 12.3 Å². The van der Waals surface area contributed by atoms with Crippen molar-refractivity contribution in [1.82, 2.24) is 0 Å². The number of benzene rings is 1. The fourth-order valence-corrected chi connectivity index (χ4v) is 2.75. The third-order valence-electron chi connectivity index (χ3n) is 3.84. The van der Waals surface area contributed by atoms with Gasteiger partial charge in [0.05, 0.1) is 12.2 Å². The van der Waals surface area contributed by atoms with Gasteiger partial charge in [-0.25, -0.2) is 0 Å².